The van der Waals surface area contributed by atoms with E-state index in [1.807, 2.05) is 6.92 Å². The van der Waals surface area contributed by atoms with Crippen molar-refractivity contribution in [2.24, 2.45) is 0 Å². The average Bonchev–Trinajstić information content (AvgIpc) is 2.59. The number of aromatic nitrogens is 2. The van der Waals surface area contributed by atoms with Crippen LogP contribution >= 0.6 is 0 Å². The van der Waals surface area contributed by atoms with Gasteiger partial charge in [0.1, 0.15) is 0 Å². The predicted molar refractivity (Wildman–Crippen MR) is 63.1 cm³/mol. The number of rotatable bonds is 3. The molecule has 3 nitrogen and oxygen atoms in total. The van der Waals surface area contributed by atoms with Crippen molar-refractivity contribution >= 4 is 0 Å². The van der Waals surface area contributed by atoms with Gasteiger partial charge in [0.15, 0.2) is 11.6 Å². The number of hydrogen-bond donors (Lipinski definition) is 1. The summed E-state index contributed by atoms with van der Waals surface area (Å²) in [4.78, 5) is 0. The van der Waals surface area contributed by atoms with Crippen LogP contribution in [0, 0.1) is 25.5 Å². The first kappa shape index (κ1) is 12.7. The van der Waals surface area contributed by atoms with Crippen molar-refractivity contribution < 1.29 is 13.9 Å². The molecule has 0 bridgehead atoms. The van der Waals surface area contributed by atoms with Crippen LogP contribution in [-0.2, 0) is 13.2 Å². The van der Waals surface area contributed by atoms with Gasteiger partial charge in [-0.1, -0.05) is 6.07 Å². The van der Waals surface area contributed by atoms with Crippen LogP contribution in [0.1, 0.15) is 22.5 Å². The first-order chi connectivity index (χ1) is 8.52. The lowest BCUT2D eigenvalue weighted by Crippen LogP contribution is -2.05. The summed E-state index contributed by atoms with van der Waals surface area (Å²) >= 11 is 0. The van der Waals surface area contributed by atoms with Crippen LogP contribution in [0.25, 0.3) is 0 Å². The van der Waals surface area contributed by atoms with Crippen LogP contribution in [0.2, 0.25) is 0 Å². The minimum Gasteiger partial charge on any atom is -0.392 e. The molecule has 0 saturated carbocycles. The Balaban J connectivity index is 2.31. The predicted octanol–water partition coefficient (Wildman–Crippen LogP) is 2.32. The van der Waals surface area contributed by atoms with Crippen molar-refractivity contribution in [3.05, 3.63) is 52.3 Å². The van der Waals surface area contributed by atoms with Crippen LogP contribution in [0.4, 0.5) is 8.78 Å². The molecule has 0 radical (unpaired) electrons. The number of benzene rings is 1. The molecule has 1 N–H and O–H groups in total. The summed E-state index contributed by atoms with van der Waals surface area (Å²) in [5.41, 5.74) is 2.99. The topological polar surface area (TPSA) is 38.0 Å². The maximum atomic E-state index is 13.1. The molecule has 1 aromatic carbocycles. The molecule has 0 unspecified atom stereocenters. The van der Waals surface area contributed by atoms with Crippen LogP contribution < -0.4 is 0 Å². The molecule has 1 heterocycles. The molecule has 1 aromatic heterocycles. The van der Waals surface area contributed by atoms with Gasteiger partial charge in [0.25, 0.3) is 0 Å². The number of nitrogens with zero attached hydrogens (tertiary/aromatic N) is 2. The third-order valence-corrected chi connectivity index (χ3v) is 3.01. The van der Waals surface area contributed by atoms with E-state index in [2.05, 4.69) is 5.10 Å². The third-order valence-electron chi connectivity index (χ3n) is 3.01. The Morgan fingerprint density at radius 1 is 1.22 bits per heavy atom. The molecule has 18 heavy (non-hydrogen) atoms. The third kappa shape index (κ3) is 2.26. The van der Waals surface area contributed by atoms with Crippen molar-refractivity contribution in [1.82, 2.24) is 9.78 Å². The van der Waals surface area contributed by atoms with Gasteiger partial charge in [-0.2, -0.15) is 5.10 Å². The lowest BCUT2D eigenvalue weighted by atomic mass is 10.2. The number of hydrogen-bond acceptors (Lipinski definition) is 2. The molecule has 0 fully saturated rings. The van der Waals surface area contributed by atoms with E-state index in [0.717, 1.165) is 29.1 Å². The maximum absolute atomic E-state index is 13.1. The van der Waals surface area contributed by atoms with Crippen LogP contribution in [0.3, 0.4) is 0 Å². The van der Waals surface area contributed by atoms with E-state index < -0.39 is 11.6 Å². The second-order valence-corrected chi connectivity index (χ2v) is 4.21. The lowest BCUT2D eigenvalue weighted by Gasteiger charge is -2.05. The normalized spacial score (nSPS) is 10.9. The summed E-state index contributed by atoms with van der Waals surface area (Å²) < 4.78 is 27.6. The molecule has 2 aromatic rings. The fourth-order valence-corrected chi connectivity index (χ4v) is 1.93. The van der Waals surface area contributed by atoms with E-state index in [0.29, 0.717) is 12.1 Å². The Morgan fingerprint density at radius 3 is 2.50 bits per heavy atom. The Morgan fingerprint density at radius 2 is 1.94 bits per heavy atom. The van der Waals surface area contributed by atoms with E-state index in [4.69, 9.17) is 0 Å². The Kier molecular flexibility index (Phi) is 3.43. The summed E-state index contributed by atoms with van der Waals surface area (Å²) in [6, 6.07) is 3.78. The first-order valence-electron chi connectivity index (χ1n) is 5.60. The second kappa shape index (κ2) is 4.86. The average molecular weight is 252 g/mol. The monoisotopic (exact) mass is 252 g/mol. The summed E-state index contributed by atoms with van der Waals surface area (Å²) in [5, 5.41) is 13.5. The molecule has 96 valence electrons. The zero-order valence-corrected chi connectivity index (χ0v) is 10.2. The van der Waals surface area contributed by atoms with Gasteiger partial charge in [-0.3, -0.25) is 4.68 Å². The largest absolute Gasteiger partial charge is 0.392 e. The van der Waals surface area contributed by atoms with Crippen molar-refractivity contribution in [2.75, 3.05) is 0 Å². The van der Waals surface area contributed by atoms with Crippen molar-refractivity contribution in [3.8, 4) is 0 Å². The summed E-state index contributed by atoms with van der Waals surface area (Å²) in [5.74, 6) is -1.72. The fourth-order valence-electron chi connectivity index (χ4n) is 1.93. The Hall–Kier alpha value is -1.75. The van der Waals surface area contributed by atoms with E-state index >= 15 is 0 Å². The van der Waals surface area contributed by atoms with Gasteiger partial charge >= 0.3 is 0 Å². The highest BCUT2D eigenvalue weighted by Crippen LogP contribution is 2.15. The minimum absolute atomic E-state index is 0.0740. The van der Waals surface area contributed by atoms with Crippen molar-refractivity contribution in [1.29, 1.82) is 0 Å². The van der Waals surface area contributed by atoms with E-state index in [-0.39, 0.29) is 6.61 Å². The Labute approximate surface area is 104 Å². The van der Waals surface area contributed by atoms with Gasteiger partial charge in [-0.25, -0.2) is 8.78 Å². The van der Waals surface area contributed by atoms with Crippen LogP contribution in [-0.4, -0.2) is 14.9 Å². The standard InChI is InChI=1S/C13H14F2N2O/c1-8-11(7-18)9(2)17(16-8)6-10-3-4-12(14)13(15)5-10/h3-5,18H,6-7H2,1-2H3. The minimum atomic E-state index is -0.864. The summed E-state index contributed by atoms with van der Waals surface area (Å²) in [6.45, 7) is 3.92. The number of aryl methyl sites for hydroxylation is 1. The SMILES string of the molecule is Cc1nn(Cc2ccc(F)c(F)c2)c(C)c1CO. The van der Waals surface area contributed by atoms with E-state index in [1.54, 1.807) is 11.6 Å². The van der Waals surface area contributed by atoms with Gasteiger partial charge in [0, 0.05) is 11.3 Å². The first-order valence-corrected chi connectivity index (χ1v) is 5.60. The molecular formula is C13H14F2N2O. The molecule has 0 aliphatic carbocycles. The number of halogens is 2. The highest BCUT2D eigenvalue weighted by molar-refractivity contribution is 5.25. The van der Waals surface area contributed by atoms with Crippen LogP contribution in [0.15, 0.2) is 18.2 Å². The molecule has 0 saturated heterocycles. The number of aliphatic hydroxyl groups is 1. The molecule has 0 amide bonds. The molecule has 5 heteroatoms. The molecule has 0 aliphatic rings. The van der Waals surface area contributed by atoms with Crippen molar-refractivity contribution in [3.63, 3.8) is 0 Å². The molecule has 0 atom stereocenters. The lowest BCUT2D eigenvalue weighted by molar-refractivity contribution is 0.280. The van der Waals surface area contributed by atoms with Gasteiger partial charge < -0.3 is 5.11 Å². The molecular weight excluding hydrogens is 238 g/mol. The maximum Gasteiger partial charge on any atom is 0.159 e. The summed E-state index contributed by atoms with van der Waals surface area (Å²) in [7, 11) is 0. The van der Waals surface area contributed by atoms with E-state index in [9.17, 15) is 13.9 Å². The molecule has 0 spiro atoms. The smallest absolute Gasteiger partial charge is 0.159 e. The molecule has 0 aliphatic heterocycles. The van der Waals surface area contributed by atoms with Gasteiger partial charge in [0.2, 0.25) is 0 Å². The van der Waals surface area contributed by atoms with E-state index in [1.165, 1.54) is 6.07 Å². The second-order valence-electron chi connectivity index (χ2n) is 4.21. The van der Waals surface area contributed by atoms with Gasteiger partial charge in [-0.15, -0.1) is 0 Å². The van der Waals surface area contributed by atoms with Gasteiger partial charge in [-0.05, 0) is 31.5 Å². The zero-order valence-electron chi connectivity index (χ0n) is 10.2. The highest BCUT2D eigenvalue weighted by atomic mass is 19.2. The van der Waals surface area contributed by atoms with Crippen molar-refractivity contribution in [2.45, 2.75) is 27.0 Å². The fraction of sp³-hybridized carbons (Fsp3) is 0.308. The highest BCUT2D eigenvalue weighted by Gasteiger charge is 2.11. The Bertz CT molecular complexity index is 579. The summed E-state index contributed by atoms with van der Waals surface area (Å²) in [6.07, 6.45) is 0. The quantitative estimate of drug-likeness (QED) is 0.910. The van der Waals surface area contributed by atoms with Gasteiger partial charge in [0.05, 0.1) is 18.8 Å². The zero-order chi connectivity index (χ0) is 13.3. The van der Waals surface area contributed by atoms with Crippen LogP contribution in [0.5, 0.6) is 0 Å². The molecule has 2 rings (SSSR count). The number of aliphatic hydroxyl groups excluding tert-OH is 1.